The molecule has 0 aliphatic carbocycles. The smallest absolute Gasteiger partial charge is 0.0912 e. The Morgan fingerprint density at radius 1 is 1.33 bits per heavy atom. The highest BCUT2D eigenvalue weighted by molar-refractivity contribution is 4.66. The molecule has 0 aliphatic rings. The topological polar surface area (TPSA) is 23.8 Å². The van der Waals surface area contributed by atoms with Gasteiger partial charge in [0, 0.05) is 0 Å². The molecule has 0 fully saturated rings. The Balaban J connectivity index is 0. The zero-order valence-electron chi connectivity index (χ0n) is 6.19. The molecule has 0 aromatic carbocycles. The Morgan fingerprint density at radius 3 is 1.89 bits per heavy atom. The fourth-order valence-electron chi connectivity index (χ4n) is 0.385. The van der Waals surface area contributed by atoms with Gasteiger partial charge >= 0.3 is 0 Å². The van der Waals surface area contributed by atoms with E-state index in [2.05, 4.69) is 27.2 Å². The fraction of sp³-hybridized carbons (Fsp3) is 0.833. The van der Waals surface area contributed by atoms with Crippen LogP contribution < -0.4 is 24.0 Å². The summed E-state index contributed by atoms with van der Waals surface area (Å²) in [6, 6.07) is 2.11. The van der Waals surface area contributed by atoms with Crippen molar-refractivity contribution in [2.45, 2.75) is 6.42 Å². The molecule has 9 heavy (non-hydrogen) atoms. The lowest BCUT2D eigenvalue weighted by atomic mass is 10.4. The minimum atomic E-state index is 0. The van der Waals surface area contributed by atoms with Crippen molar-refractivity contribution in [3.05, 3.63) is 0 Å². The van der Waals surface area contributed by atoms with Crippen molar-refractivity contribution in [1.82, 2.24) is 0 Å². The number of nitriles is 1. The van der Waals surface area contributed by atoms with Crippen LogP contribution in [0.4, 0.5) is 0 Å². The van der Waals surface area contributed by atoms with Crippen LogP contribution in [0.3, 0.4) is 0 Å². The molecule has 0 aromatic heterocycles. The lowest BCUT2D eigenvalue weighted by Crippen LogP contribution is -3.00. The highest BCUT2D eigenvalue weighted by Gasteiger charge is 2.03. The Kier molecular flexibility index (Phi) is 6.62. The molecule has 0 radical (unpaired) electrons. The molecule has 0 heterocycles. The molecule has 0 N–H and O–H groups in total. The molecule has 0 saturated carbocycles. The molecule has 0 amide bonds. The third-order valence-corrected chi connectivity index (χ3v) is 0.894. The first-order chi connectivity index (χ1) is 3.56. The molecular formula is C6H13IN2. The first kappa shape index (κ1) is 11.9. The Labute approximate surface area is 74.1 Å². The van der Waals surface area contributed by atoms with Crippen LogP contribution in [-0.2, 0) is 0 Å². The van der Waals surface area contributed by atoms with Gasteiger partial charge in [0.05, 0.1) is 40.2 Å². The summed E-state index contributed by atoms with van der Waals surface area (Å²) in [7, 11) is 6.24. The third-order valence-electron chi connectivity index (χ3n) is 0.894. The van der Waals surface area contributed by atoms with Crippen LogP contribution in [0.2, 0.25) is 0 Å². The zero-order chi connectivity index (χ0) is 6.62. The van der Waals surface area contributed by atoms with E-state index in [1.165, 1.54) is 0 Å². The second-order valence-electron chi connectivity index (χ2n) is 2.92. The summed E-state index contributed by atoms with van der Waals surface area (Å²) in [6.07, 6.45) is 0.656. The van der Waals surface area contributed by atoms with Gasteiger partial charge in [-0.25, -0.2) is 0 Å². The summed E-state index contributed by atoms with van der Waals surface area (Å²) in [5.74, 6) is 0. The molecule has 3 heteroatoms. The standard InChI is InChI=1S/C6H13N2.HI/c1-8(2,3)6-4-5-7;/h4,6H2,1-3H3;1H/q+1;/p-1. The molecule has 0 saturated heterocycles. The first-order valence-electron chi connectivity index (χ1n) is 2.74. The second-order valence-corrected chi connectivity index (χ2v) is 2.92. The van der Waals surface area contributed by atoms with Crippen LogP contribution in [-0.4, -0.2) is 32.2 Å². The normalized spacial score (nSPS) is 9.56. The maximum Gasteiger partial charge on any atom is 0.0912 e. The van der Waals surface area contributed by atoms with Gasteiger partial charge in [0.2, 0.25) is 0 Å². The van der Waals surface area contributed by atoms with Crippen molar-refractivity contribution in [2.75, 3.05) is 27.7 Å². The zero-order valence-corrected chi connectivity index (χ0v) is 8.34. The van der Waals surface area contributed by atoms with Crippen LogP contribution in [0, 0.1) is 11.3 Å². The quantitative estimate of drug-likeness (QED) is 0.390. The molecule has 0 bridgehead atoms. The van der Waals surface area contributed by atoms with Crippen LogP contribution in [0.25, 0.3) is 0 Å². The minimum absolute atomic E-state index is 0. The van der Waals surface area contributed by atoms with Gasteiger partial charge in [0.1, 0.15) is 0 Å². The Morgan fingerprint density at radius 2 is 1.78 bits per heavy atom. The van der Waals surface area contributed by atoms with Crippen molar-refractivity contribution in [2.24, 2.45) is 0 Å². The largest absolute Gasteiger partial charge is 1.00 e. The number of halogens is 1. The molecule has 0 aliphatic heterocycles. The van der Waals surface area contributed by atoms with E-state index in [0.29, 0.717) is 6.42 Å². The van der Waals surface area contributed by atoms with Crippen LogP contribution >= 0.6 is 0 Å². The maximum absolute atomic E-state index is 8.17. The molecule has 0 atom stereocenters. The molecule has 0 spiro atoms. The Hall–Kier alpha value is 0.180. The Bertz CT molecular complexity index is 98.6. The summed E-state index contributed by atoms with van der Waals surface area (Å²) in [5, 5.41) is 8.17. The highest BCUT2D eigenvalue weighted by atomic mass is 127. The number of quaternary nitrogens is 1. The number of hydrogen-bond acceptors (Lipinski definition) is 1. The minimum Gasteiger partial charge on any atom is -1.00 e. The molecular weight excluding hydrogens is 227 g/mol. The van der Waals surface area contributed by atoms with Crippen LogP contribution in [0.5, 0.6) is 0 Å². The van der Waals surface area contributed by atoms with Gasteiger partial charge in [0.15, 0.2) is 0 Å². The van der Waals surface area contributed by atoms with E-state index in [1.807, 2.05) is 0 Å². The molecule has 0 aromatic rings. The van der Waals surface area contributed by atoms with Gasteiger partial charge in [-0.05, 0) is 0 Å². The lowest BCUT2D eigenvalue weighted by Gasteiger charge is -2.21. The van der Waals surface area contributed by atoms with E-state index < -0.39 is 0 Å². The monoisotopic (exact) mass is 240 g/mol. The average Bonchev–Trinajstić information content (AvgIpc) is 1.59. The summed E-state index contributed by atoms with van der Waals surface area (Å²) in [6.45, 7) is 0.941. The van der Waals surface area contributed by atoms with E-state index in [1.54, 1.807) is 0 Å². The van der Waals surface area contributed by atoms with Gasteiger partial charge in [-0.15, -0.1) is 0 Å². The van der Waals surface area contributed by atoms with Gasteiger partial charge in [-0.3, -0.25) is 0 Å². The van der Waals surface area contributed by atoms with Gasteiger partial charge in [-0.2, -0.15) is 5.26 Å². The van der Waals surface area contributed by atoms with Crippen molar-refractivity contribution in [3.8, 4) is 6.07 Å². The van der Waals surface area contributed by atoms with E-state index in [-0.39, 0.29) is 24.0 Å². The van der Waals surface area contributed by atoms with Crippen LogP contribution in [0.15, 0.2) is 0 Å². The summed E-state index contributed by atoms with van der Waals surface area (Å²) < 4.78 is 0.883. The predicted molar refractivity (Wildman–Crippen MR) is 33.1 cm³/mol. The van der Waals surface area contributed by atoms with Crippen molar-refractivity contribution in [3.63, 3.8) is 0 Å². The van der Waals surface area contributed by atoms with Gasteiger partial charge in [0.25, 0.3) is 0 Å². The molecule has 2 nitrogen and oxygen atoms in total. The molecule has 0 unspecified atom stereocenters. The van der Waals surface area contributed by atoms with Crippen molar-refractivity contribution < 1.29 is 28.5 Å². The van der Waals surface area contributed by atoms with E-state index in [0.717, 1.165) is 11.0 Å². The third kappa shape index (κ3) is 11.6. The summed E-state index contributed by atoms with van der Waals surface area (Å²) in [5.41, 5.74) is 0. The molecule has 0 rings (SSSR count). The summed E-state index contributed by atoms with van der Waals surface area (Å²) in [4.78, 5) is 0. The highest BCUT2D eigenvalue weighted by Crippen LogP contribution is 1.90. The van der Waals surface area contributed by atoms with Gasteiger partial charge < -0.3 is 28.5 Å². The summed E-state index contributed by atoms with van der Waals surface area (Å²) >= 11 is 0. The first-order valence-corrected chi connectivity index (χ1v) is 2.74. The fourth-order valence-corrected chi connectivity index (χ4v) is 0.385. The average molecular weight is 240 g/mol. The molecule has 54 valence electrons. The number of nitrogens with zero attached hydrogens (tertiary/aromatic N) is 2. The predicted octanol–water partition coefficient (Wildman–Crippen LogP) is -2.39. The number of rotatable bonds is 2. The van der Waals surface area contributed by atoms with E-state index >= 15 is 0 Å². The van der Waals surface area contributed by atoms with Crippen molar-refractivity contribution in [1.29, 1.82) is 5.26 Å². The van der Waals surface area contributed by atoms with Crippen LogP contribution in [0.1, 0.15) is 6.42 Å². The van der Waals surface area contributed by atoms with E-state index in [4.69, 9.17) is 5.26 Å². The van der Waals surface area contributed by atoms with Crippen molar-refractivity contribution >= 4 is 0 Å². The van der Waals surface area contributed by atoms with E-state index in [9.17, 15) is 0 Å². The maximum atomic E-state index is 8.17. The lowest BCUT2D eigenvalue weighted by molar-refractivity contribution is -0.869. The second kappa shape index (κ2) is 5.00. The number of hydrogen-bond donors (Lipinski definition) is 0. The van der Waals surface area contributed by atoms with Gasteiger partial charge in [-0.1, -0.05) is 0 Å². The SMILES string of the molecule is C[N+](C)(C)CCC#N.[I-].